The molecule has 2 aromatic rings. The Morgan fingerprint density at radius 1 is 1.06 bits per heavy atom. The van der Waals surface area contributed by atoms with Crippen molar-refractivity contribution in [3.8, 4) is 11.1 Å². The molecule has 0 spiro atoms. The number of amides is 4. The number of nitrogens with one attached hydrogen (secondary N) is 1. The minimum Gasteiger partial charge on any atom is -0.465 e. The topological polar surface area (TPSA) is 110 Å². The van der Waals surface area contributed by atoms with Gasteiger partial charge in [0.25, 0.3) is 5.91 Å². The number of likely N-dealkylation sites (N-methyl/N-ethyl adjacent to an activating group) is 2. The average molecular weight is 438 g/mol. The quantitative estimate of drug-likeness (QED) is 0.762. The second-order valence-corrected chi connectivity index (χ2v) is 7.75. The second kappa shape index (κ2) is 9.09. The van der Waals surface area contributed by atoms with Crippen LogP contribution >= 0.6 is 0 Å². The Labute approximate surface area is 186 Å². The summed E-state index contributed by atoms with van der Waals surface area (Å²) in [7, 11) is 3.06. The third-order valence-electron chi connectivity index (χ3n) is 5.45. The number of benzene rings is 2. The molecule has 0 fully saturated rings. The molecule has 4 amide bonds. The Morgan fingerprint density at radius 3 is 2.25 bits per heavy atom. The van der Waals surface area contributed by atoms with Crippen molar-refractivity contribution in [3.63, 3.8) is 0 Å². The maximum absolute atomic E-state index is 12.5. The first-order chi connectivity index (χ1) is 15.1. The first kappa shape index (κ1) is 22.8. The van der Waals surface area contributed by atoms with Crippen LogP contribution in [0.25, 0.3) is 11.1 Å². The first-order valence-corrected chi connectivity index (χ1v) is 10.1. The number of nitrogens with zero attached hydrogens (tertiary/aromatic N) is 3. The van der Waals surface area contributed by atoms with Gasteiger partial charge < -0.3 is 20.2 Å². The summed E-state index contributed by atoms with van der Waals surface area (Å²) in [5.41, 5.74) is 2.96. The minimum atomic E-state index is -1.08. The van der Waals surface area contributed by atoms with Gasteiger partial charge in [0, 0.05) is 33.1 Å². The molecule has 3 rings (SSSR count). The average Bonchev–Trinajstić information content (AvgIpc) is 2.77. The van der Waals surface area contributed by atoms with Crippen LogP contribution in [0.1, 0.15) is 24.2 Å². The molecule has 32 heavy (non-hydrogen) atoms. The Balaban J connectivity index is 1.92. The van der Waals surface area contributed by atoms with Gasteiger partial charge in [-0.15, -0.1) is 0 Å². The van der Waals surface area contributed by atoms with E-state index < -0.39 is 6.09 Å². The summed E-state index contributed by atoms with van der Waals surface area (Å²) in [6.45, 7) is 3.40. The molecule has 1 aliphatic rings. The maximum atomic E-state index is 12.5. The Morgan fingerprint density at radius 2 is 1.69 bits per heavy atom. The van der Waals surface area contributed by atoms with E-state index in [9.17, 15) is 24.3 Å². The highest BCUT2D eigenvalue weighted by Gasteiger charge is 2.33. The van der Waals surface area contributed by atoms with Crippen molar-refractivity contribution in [2.45, 2.75) is 19.9 Å². The molecule has 0 unspecified atom stereocenters. The number of carbonyl (C=O) groups is 4. The molecular weight excluding hydrogens is 412 g/mol. The van der Waals surface area contributed by atoms with Crippen LogP contribution in [0.2, 0.25) is 0 Å². The largest absolute Gasteiger partial charge is 0.465 e. The molecule has 9 heteroatoms. The van der Waals surface area contributed by atoms with E-state index in [4.69, 9.17) is 0 Å². The Kier molecular flexibility index (Phi) is 6.47. The number of carboxylic acid groups (broad SMARTS) is 1. The summed E-state index contributed by atoms with van der Waals surface area (Å²) in [6.07, 6.45) is -1.08. The lowest BCUT2D eigenvalue weighted by Gasteiger charge is -2.39. The lowest BCUT2D eigenvalue weighted by molar-refractivity contribution is -0.121. The van der Waals surface area contributed by atoms with Gasteiger partial charge in [-0.25, -0.2) is 4.79 Å². The summed E-state index contributed by atoms with van der Waals surface area (Å²) >= 11 is 0. The molecule has 0 saturated heterocycles. The van der Waals surface area contributed by atoms with Gasteiger partial charge in [0.15, 0.2) is 0 Å². The van der Waals surface area contributed by atoms with E-state index >= 15 is 0 Å². The van der Waals surface area contributed by atoms with Crippen LogP contribution in [0.3, 0.4) is 0 Å². The highest BCUT2D eigenvalue weighted by molar-refractivity contribution is 6.03. The van der Waals surface area contributed by atoms with Crippen LogP contribution < -0.4 is 15.1 Å². The van der Waals surface area contributed by atoms with Gasteiger partial charge in [0.1, 0.15) is 0 Å². The molecule has 0 aliphatic carbocycles. The number of carbonyl (C=O) groups excluding carboxylic acids is 3. The van der Waals surface area contributed by atoms with Crippen molar-refractivity contribution in [2.75, 3.05) is 37.0 Å². The standard InChI is InChI=1S/C23H26N4O5/c1-14-12-26(23(31)32)20-11-18(9-10-19(20)27(14)15(2)28)16-5-7-17(8-6-16)22(30)25(4)13-21(29)24-3/h5-11,14H,12-13H2,1-4H3,(H,24,29)(H,31,32)/t14-/m0/s1. The molecule has 0 saturated carbocycles. The van der Waals surface area contributed by atoms with E-state index in [1.807, 2.05) is 13.0 Å². The van der Waals surface area contributed by atoms with E-state index in [1.54, 1.807) is 48.3 Å². The summed E-state index contributed by atoms with van der Waals surface area (Å²) < 4.78 is 0. The lowest BCUT2D eigenvalue weighted by Crippen LogP contribution is -2.51. The molecule has 1 atom stereocenters. The molecule has 0 aromatic heterocycles. The van der Waals surface area contributed by atoms with E-state index in [-0.39, 0.29) is 36.9 Å². The molecule has 0 bridgehead atoms. The van der Waals surface area contributed by atoms with Crippen molar-refractivity contribution in [2.24, 2.45) is 0 Å². The zero-order chi connectivity index (χ0) is 23.6. The van der Waals surface area contributed by atoms with Gasteiger partial charge >= 0.3 is 6.09 Å². The van der Waals surface area contributed by atoms with Gasteiger partial charge in [0.05, 0.1) is 24.0 Å². The van der Waals surface area contributed by atoms with Crippen molar-refractivity contribution in [3.05, 3.63) is 48.0 Å². The lowest BCUT2D eigenvalue weighted by atomic mass is 9.99. The van der Waals surface area contributed by atoms with Gasteiger partial charge in [-0.3, -0.25) is 19.3 Å². The van der Waals surface area contributed by atoms with Gasteiger partial charge in [-0.2, -0.15) is 0 Å². The third kappa shape index (κ3) is 4.41. The number of hydrogen-bond donors (Lipinski definition) is 2. The summed E-state index contributed by atoms with van der Waals surface area (Å²) in [5, 5.41) is 12.1. The molecule has 2 N–H and O–H groups in total. The fourth-order valence-electron chi connectivity index (χ4n) is 3.86. The van der Waals surface area contributed by atoms with Crippen LogP contribution in [0, 0.1) is 0 Å². The zero-order valence-corrected chi connectivity index (χ0v) is 18.5. The molecular formula is C23H26N4O5. The number of fused-ring (bicyclic) bond motifs is 1. The second-order valence-electron chi connectivity index (χ2n) is 7.75. The van der Waals surface area contributed by atoms with Crippen LogP contribution in [-0.2, 0) is 9.59 Å². The Bertz CT molecular complexity index is 1070. The van der Waals surface area contributed by atoms with Gasteiger partial charge in [0.2, 0.25) is 11.8 Å². The molecule has 168 valence electrons. The fourth-order valence-corrected chi connectivity index (χ4v) is 3.86. The molecule has 1 heterocycles. The van der Waals surface area contributed by atoms with Crippen molar-refractivity contribution in [1.82, 2.24) is 10.2 Å². The van der Waals surface area contributed by atoms with Crippen LogP contribution in [0.5, 0.6) is 0 Å². The minimum absolute atomic E-state index is 0.0436. The van der Waals surface area contributed by atoms with E-state index in [0.29, 0.717) is 16.9 Å². The molecule has 9 nitrogen and oxygen atoms in total. The van der Waals surface area contributed by atoms with Crippen LogP contribution in [0.15, 0.2) is 42.5 Å². The Hall–Kier alpha value is -3.88. The zero-order valence-electron chi connectivity index (χ0n) is 18.5. The predicted molar refractivity (Wildman–Crippen MR) is 121 cm³/mol. The first-order valence-electron chi connectivity index (χ1n) is 10.1. The highest BCUT2D eigenvalue weighted by atomic mass is 16.4. The van der Waals surface area contributed by atoms with Crippen LogP contribution in [0.4, 0.5) is 16.2 Å². The van der Waals surface area contributed by atoms with Crippen LogP contribution in [-0.4, -0.2) is 67.0 Å². The molecule has 1 aliphatic heterocycles. The summed E-state index contributed by atoms with van der Waals surface area (Å²) in [6, 6.07) is 11.9. The molecule has 0 radical (unpaired) electrons. The van der Waals surface area contributed by atoms with Crippen molar-refractivity contribution in [1.29, 1.82) is 0 Å². The smallest absolute Gasteiger partial charge is 0.411 e. The summed E-state index contributed by atoms with van der Waals surface area (Å²) in [5.74, 6) is -0.697. The number of rotatable bonds is 4. The van der Waals surface area contributed by atoms with Gasteiger partial charge in [-0.1, -0.05) is 18.2 Å². The van der Waals surface area contributed by atoms with Crippen molar-refractivity contribution < 1.29 is 24.3 Å². The SMILES string of the molecule is CNC(=O)CN(C)C(=O)c1ccc(-c2ccc3c(c2)N(C(=O)O)C[C@H](C)N3C(C)=O)cc1. The van der Waals surface area contributed by atoms with Gasteiger partial charge in [-0.05, 0) is 42.3 Å². The normalized spacial score (nSPS) is 15.1. The third-order valence-corrected chi connectivity index (χ3v) is 5.45. The van der Waals surface area contributed by atoms with E-state index in [1.165, 1.54) is 23.8 Å². The number of anilines is 2. The van der Waals surface area contributed by atoms with Crippen molar-refractivity contribution >= 4 is 35.2 Å². The van der Waals surface area contributed by atoms with E-state index in [0.717, 1.165) is 11.1 Å². The predicted octanol–water partition coefficient (Wildman–Crippen LogP) is 2.41. The maximum Gasteiger partial charge on any atom is 0.411 e. The monoisotopic (exact) mass is 438 g/mol. The number of hydrogen-bond acceptors (Lipinski definition) is 4. The molecule has 2 aromatic carbocycles. The van der Waals surface area contributed by atoms with E-state index in [2.05, 4.69) is 5.32 Å². The fraction of sp³-hybridized carbons (Fsp3) is 0.304. The summed E-state index contributed by atoms with van der Waals surface area (Å²) in [4.78, 5) is 52.2. The highest BCUT2D eigenvalue weighted by Crippen LogP contribution is 2.39.